The molecule has 0 radical (unpaired) electrons. The summed E-state index contributed by atoms with van der Waals surface area (Å²) in [6.45, 7) is 6.11. The minimum absolute atomic E-state index is 0.267. The van der Waals surface area contributed by atoms with Gasteiger partial charge in [-0.1, -0.05) is 18.2 Å². The van der Waals surface area contributed by atoms with Gasteiger partial charge in [0.05, 0.1) is 0 Å². The monoisotopic (exact) mass is 257 g/mol. The van der Waals surface area contributed by atoms with Crippen LogP contribution in [0.1, 0.15) is 19.4 Å². The number of hydrogen-bond acceptors (Lipinski definition) is 5. The van der Waals surface area contributed by atoms with Crippen LogP contribution >= 0.6 is 0 Å². The first-order valence-corrected chi connectivity index (χ1v) is 6.27. The van der Waals surface area contributed by atoms with E-state index < -0.39 is 0 Å². The largest absolute Gasteiger partial charge is 0.393 e. The number of nitrogens with zero attached hydrogens (tertiary/aromatic N) is 2. The second kappa shape index (κ2) is 5.56. The molecule has 1 heterocycles. The van der Waals surface area contributed by atoms with Crippen LogP contribution in [0.2, 0.25) is 0 Å². The number of nitrogens with one attached hydrogen (secondary N) is 2. The summed E-state index contributed by atoms with van der Waals surface area (Å²) in [5, 5.41) is 6.44. The summed E-state index contributed by atoms with van der Waals surface area (Å²) >= 11 is 0. The molecule has 5 nitrogen and oxygen atoms in total. The number of rotatable bonds is 4. The lowest BCUT2D eigenvalue weighted by Crippen LogP contribution is -2.14. The van der Waals surface area contributed by atoms with Gasteiger partial charge in [0.1, 0.15) is 12.0 Å². The molecule has 4 N–H and O–H groups in total. The molecule has 2 aromatic rings. The van der Waals surface area contributed by atoms with Crippen LogP contribution < -0.4 is 16.4 Å². The Labute approximate surface area is 113 Å². The van der Waals surface area contributed by atoms with Crippen molar-refractivity contribution >= 4 is 23.0 Å². The molecule has 0 bridgehead atoms. The van der Waals surface area contributed by atoms with E-state index >= 15 is 0 Å². The van der Waals surface area contributed by atoms with Gasteiger partial charge >= 0.3 is 0 Å². The molecule has 0 saturated carbocycles. The normalized spacial score (nSPS) is 10.5. The summed E-state index contributed by atoms with van der Waals surface area (Å²) in [5.41, 5.74) is 8.73. The molecule has 0 spiro atoms. The van der Waals surface area contributed by atoms with Crippen LogP contribution in [0.15, 0.2) is 30.6 Å². The van der Waals surface area contributed by atoms with Crippen molar-refractivity contribution in [1.82, 2.24) is 9.97 Å². The third-order valence-electron chi connectivity index (χ3n) is 2.71. The quantitative estimate of drug-likeness (QED) is 0.785. The molecule has 0 atom stereocenters. The highest BCUT2D eigenvalue weighted by atomic mass is 15.1. The molecule has 19 heavy (non-hydrogen) atoms. The predicted octanol–water partition coefficient (Wildman–Crippen LogP) is 2.93. The van der Waals surface area contributed by atoms with Crippen molar-refractivity contribution in [2.75, 3.05) is 16.4 Å². The van der Waals surface area contributed by atoms with E-state index in [-0.39, 0.29) is 6.04 Å². The van der Waals surface area contributed by atoms with Crippen molar-refractivity contribution in [3.8, 4) is 0 Å². The zero-order chi connectivity index (χ0) is 13.8. The molecule has 0 amide bonds. The average Bonchev–Trinajstić information content (AvgIpc) is 2.36. The van der Waals surface area contributed by atoms with Gasteiger partial charge in [-0.3, -0.25) is 0 Å². The van der Waals surface area contributed by atoms with Crippen molar-refractivity contribution < 1.29 is 0 Å². The van der Waals surface area contributed by atoms with Crippen LogP contribution in [-0.2, 0) is 0 Å². The number of nitrogen functional groups attached to an aromatic ring is 1. The third kappa shape index (κ3) is 3.13. The maximum Gasteiger partial charge on any atom is 0.159 e. The molecule has 0 aliphatic heterocycles. The Morgan fingerprint density at radius 3 is 2.47 bits per heavy atom. The summed E-state index contributed by atoms with van der Waals surface area (Å²) in [5.74, 6) is 1.27. The zero-order valence-corrected chi connectivity index (χ0v) is 11.4. The second-order valence-corrected chi connectivity index (χ2v) is 4.72. The van der Waals surface area contributed by atoms with E-state index in [1.165, 1.54) is 6.33 Å². The summed E-state index contributed by atoms with van der Waals surface area (Å²) in [7, 11) is 0. The van der Waals surface area contributed by atoms with Crippen molar-refractivity contribution in [3.05, 3.63) is 36.2 Å². The maximum atomic E-state index is 6.08. The second-order valence-electron chi connectivity index (χ2n) is 4.72. The summed E-state index contributed by atoms with van der Waals surface area (Å²) in [4.78, 5) is 8.35. The molecule has 0 saturated heterocycles. The molecule has 1 aromatic heterocycles. The number of aromatic nitrogens is 2. The average molecular weight is 257 g/mol. The highest BCUT2D eigenvalue weighted by Gasteiger charge is 2.09. The fourth-order valence-electron chi connectivity index (χ4n) is 1.72. The number of para-hydroxylation sites is 1. The van der Waals surface area contributed by atoms with Gasteiger partial charge in [-0.05, 0) is 32.4 Å². The Morgan fingerprint density at radius 1 is 1.11 bits per heavy atom. The lowest BCUT2D eigenvalue weighted by molar-refractivity contribution is 0.887. The molecule has 100 valence electrons. The predicted molar refractivity (Wildman–Crippen MR) is 79.7 cm³/mol. The van der Waals surface area contributed by atoms with Crippen LogP contribution in [0, 0.1) is 6.92 Å². The summed E-state index contributed by atoms with van der Waals surface area (Å²) in [6, 6.07) is 8.26. The zero-order valence-electron chi connectivity index (χ0n) is 11.4. The summed E-state index contributed by atoms with van der Waals surface area (Å²) in [6.07, 6.45) is 1.50. The first-order chi connectivity index (χ1) is 9.08. The molecule has 0 fully saturated rings. The van der Waals surface area contributed by atoms with Crippen molar-refractivity contribution in [3.63, 3.8) is 0 Å². The van der Waals surface area contributed by atoms with Gasteiger partial charge in [0.25, 0.3) is 0 Å². The Hall–Kier alpha value is -2.30. The minimum atomic E-state index is 0.267. The Morgan fingerprint density at radius 2 is 1.79 bits per heavy atom. The summed E-state index contributed by atoms with van der Waals surface area (Å²) < 4.78 is 0. The molecule has 0 unspecified atom stereocenters. The van der Waals surface area contributed by atoms with E-state index in [9.17, 15) is 0 Å². The van der Waals surface area contributed by atoms with Crippen LogP contribution in [-0.4, -0.2) is 16.0 Å². The van der Waals surface area contributed by atoms with Crippen LogP contribution in [0.4, 0.5) is 23.0 Å². The molecular formula is C14H19N5. The number of anilines is 4. The Kier molecular flexibility index (Phi) is 3.85. The van der Waals surface area contributed by atoms with Crippen LogP contribution in [0.3, 0.4) is 0 Å². The molecule has 0 aliphatic carbocycles. The SMILES string of the molecule is Cc1ccccc1Nc1ncnc(NC(C)C)c1N. The van der Waals surface area contributed by atoms with E-state index in [1.54, 1.807) is 0 Å². The Balaban J connectivity index is 2.28. The van der Waals surface area contributed by atoms with Gasteiger partial charge in [0.15, 0.2) is 11.6 Å². The molecular weight excluding hydrogens is 238 g/mol. The van der Waals surface area contributed by atoms with E-state index in [2.05, 4.69) is 20.6 Å². The van der Waals surface area contributed by atoms with E-state index in [0.29, 0.717) is 17.3 Å². The molecule has 5 heteroatoms. The lowest BCUT2D eigenvalue weighted by atomic mass is 10.2. The van der Waals surface area contributed by atoms with Gasteiger partial charge in [0.2, 0.25) is 0 Å². The number of aryl methyl sites for hydroxylation is 1. The van der Waals surface area contributed by atoms with Crippen molar-refractivity contribution in [2.24, 2.45) is 0 Å². The van der Waals surface area contributed by atoms with Gasteiger partial charge in [-0.25, -0.2) is 9.97 Å². The number of nitrogens with two attached hydrogens (primary N) is 1. The minimum Gasteiger partial charge on any atom is -0.393 e. The third-order valence-corrected chi connectivity index (χ3v) is 2.71. The van der Waals surface area contributed by atoms with Crippen molar-refractivity contribution in [1.29, 1.82) is 0 Å². The Bertz CT molecular complexity index is 566. The van der Waals surface area contributed by atoms with Crippen LogP contribution in [0.5, 0.6) is 0 Å². The standard InChI is InChI=1S/C14H19N5/c1-9(2)18-13-12(15)14(17-8-16-13)19-11-7-5-4-6-10(11)3/h4-9H,15H2,1-3H3,(H2,16,17,18,19). The van der Waals surface area contributed by atoms with E-state index in [1.807, 2.05) is 45.0 Å². The lowest BCUT2D eigenvalue weighted by Gasteiger charge is -2.15. The van der Waals surface area contributed by atoms with Gasteiger partial charge < -0.3 is 16.4 Å². The van der Waals surface area contributed by atoms with Gasteiger partial charge in [-0.15, -0.1) is 0 Å². The molecule has 2 rings (SSSR count). The van der Waals surface area contributed by atoms with E-state index in [4.69, 9.17) is 5.73 Å². The molecule has 0 aliphatic rings. The fraction of sp³-hybridized carbons (Fsp3) is 0.286. The van der Waals surface area contributed by atoms with Gasteiger partial charge in [-0.2, -0.15) is 0 Å². The first-order valence-electron chi connectivity index (χ1n) is 6.27. The maximum absolute atomic E-state index is 6.08. The topological polar surface area (TPSA) is 75.9 Å². The fourth-order valence-corrected chi connectivity index (χ4v) is 1.72. The number of benzene rings is 1. The highest BCUT2D eigenvalue weighted by molar-refractivity contribution is 5.78. The van der Waals surface area contributed by atoms with Crippen molar-refractivity contribution in [2.45, 2.75) is 26.8 Å². The number of hydrogen-bond donors (Lipinski definition) is 3. The smallest absolute Gasteiger partial charge is 0.159 e. The first kappa shape index (κ1) is 13.1. The molecule has 1 aromatic carbocycles. The highest BCUT2D eigenvalue weighted by Crippen LogP contribution is 2.27. The van der Waals surface area contributed by atoms with Crippen LogP contribution in [0.25, 0.3) is 0 Å². The van der Waals surface area contributed by atoms with E-state index in [0.717, 1.165) is 11.3 Å². The van der Waals surface area contributed by atoms with Gasteiger partial charge in [0, 0.05) is 11.7 Å².